The smallest absolute Gasteiger partial charge is 0.410 e. The number of ether oxygens (including phenoxy) is 1. The van der Waals surface area contributed by atoms with Gasteiger partial charge in [0.2, 0.25) is 11.9 Å². The molecule has 1 aliphatic heterocycles. The molecule has 4 aromatic rings. The summed E-state index contributed by atoms with van der Waals surface area (Å²) in [7, 11) is 0. The molecule has 0 bridgehead atoms. The number of rotatable bonds is 10. The lowest BCUT2D eigenvalue weighted by Crippen LogP contribution is -2.42. The Labute approximate surface area is 286 Å². The van der Waals surface area contributed by atoms with Crippen LogP contribution in [0.2, 0.25) is 0 Å². The van der Waals surface area contributed by atoms with Gasteiger partial charge in [-0.15, -0.1) is 0 Å². The van der Waals surface area contributed by atoms with E-state index in [-0.39, 0.29) is 30.4 Å². The fourth-order valence-electron chi connectivity index (χ4n) is 6.63. The average molecular weight is 671 g/mol. The molecule has 49 heavy (non-hydrogen) atoms. The first-order chi connectivity index (χ1) is 23.5. The van der Waals surface area contributed by atoms with Crippen LogP contribution in [0.5, 0.6) is 0 Å². The highest BCUT2D eigenvalue weighted by Gasteiger charge is 2.44. The lowest BCUT2D eigenvalue weighted by Gasteiger charge is -2.24. The fraction of sp³-hybridized carbons (Fsp3) is 0.472. The Hall–Kier alpha value is -4.75. The lowest BCUT2D eigenvalue weighted by atomic mass is 9.91. The Kier molecular flexibility index (Phi) is 10.0. The summed E-state index contributed by atoms with van der Waals surface area (Å²) in [5, 5.41) is 31.8. The van der Waals surface area contributed by atoms with Crippen molar-refractivity contribution in [2.45, 2.75) is 88.8 Å². The predicted molar refractivity (Wildman–Crippen MR) is 186 cm³/mol. The Morgan fingerprint density at radius 3 is 2.31 bits per heavy atom. The molecule has 1 saturated heterocycles. The minimum Gasteiger partial charge on any atom is -0.444 e. The first kappa shape index (κ1) is 34.1. The van der Waals surface area contributed by atoms with E-state index in [4.69, 9.17) is 14.7 Å². The van der Waals surface area contributed by atoms with Crippen LogP contribution in [0.4, 0.5) is 16.6 Å². The maximum Gasteiger partial charge on any atom is 0.410 e. The molecule has 1 saturated carbocycles. The number of hydrogen-bond donors (Lipinski definition) is 5. The number of anilines is 2. The van der Waals surface area contributed by atoms with Gasteiger partial charge >= 0.3 is 6.09 Å². The van der Waals surface area contributed by atoms with Crippen LogP contribution in [-0.4, -0.2) is 96.2 Å². The van der Waals surface area contributed by atoms with Crippen LogP contribution < -0.4 is 16.0 Å². The monoisotopic (exact) mass is 670 g/mol. The number of likely N-dealkylation sites (tertiary alicyclic amines) is 1. The fourth-order valence-corrected chi connectivity index (χ4v) is 6.63. The molecular formula is C36H46N8O5. The number of imidazole rings is 1. The minimum absolute atomic E-state index is 0.0119. The first-order valence-corrected chi connectivity index (χ1v) is 17.0. The lowest BCUT2D eigenvalue weighted by molar-refractivity contribution is -0.122. The summed E-state index contributed by atoms with van der Waals surface area (Å²) in [6, 6.07) is 19.2. The van der Waals surface area contributed by atoms with Gasteiger partial charge in [0.1, 0.15) is 17.8 Å². The van der Waals surface area contributed by atoms with E-state index >= 15 is 0 Å². The molecule has 6 rings (SSSR count). The Morgan fingerprint density at radius 2 is 1.67 bits per heavy atom. The molecule has 0 unspecified atom stereocenters. The zero-order valence-electron chi connectivity index (χ0n) is 28.4. The van der Waals surface area contributed by atoms with Gasteiger partial charge < -0.3 is 40.4 Å². The van der Waals surface area contributed by atoms with Gasteiger partial charge in [0.25, 0.3) is 0 Å². The summed E-state index contributed by atoms with van der Waals surface area (Å²) in [6.45, 7) is 8.75. The summed E-state index contributed by atoms with van der Waals surface area (Å²) >= 11 is 0. The number of amides is 2. The number of hydrogen-bond acceptors (Lipinski definition) is 10. The van der Waals surface area contributed by atoms with E-state index in [0.29, 0.717) is 55.4 Å². The molecule has 0 radical (unpaired) electrons. The van der Waals surface area contributed by atoms with Gasteiger partial charge in [-0.1, -0.05) is 67.6 Å². The molecular weight excluding hydrogens is 624 g/mol. The van der Waals surface area contributed by atoms with Crippen molar-refractivity contribution in [2.24, 2.45) is 0 Å². The molecule has 13 nitrogen and oxygen atoms in total. The van der Waals surface area contributed by atoms with Crippen molar-refractivity contribution in [1.29, 1.82) is 0 Å². The molecule has 1 aliphatic carbocycles. The maximum atomic E-state index is 12.8. The van der Waals surface area contributed by atoms with Gasteiger partial charge in [0.15, 0.2) is 17.0 Å². The highest BCUT2D eigenvalue weighted by atomic mass is 16.6. The standard InChI is InChI=1S/C36H46N8O5/c1-5-28(45)40-26-18-27(31(47)30(26)46)44-21-38-29-32(37-19-25(22-12-8-6-9-13-22)23-14-10-7-11-15-23)41-34(42-33(29)44)39-24-16-17-43(20-24)35(48)49-36(2,3)4/h6-15,21,24-27,30-31,46-47H,5,16-20H2,1-4H3,(H,40,45)(H2,37,39,41,42)/t24-,26+,27-,30-,31+/m1/s1. The van der Waals surface area contributed by atoms with E-state index < -0.39 is 29.9 Å². The van der Waals surface area contributed by atoms with Crippen LogP contribution in [0.25, 0.3) is 11.2 Å². The first-order valence-electron chi connectivity index (χ1n) is 17.0. The van der Waals surface area contributed by atoms with E-state index in [0.717, 1.165) is 11.1 Å². The number of aromatic nitrogens is 4. The summed E-state index contributed by atoms with van der Waals surface area (Å²) in [5.41, 5.74) is 2.68. The highest BCUT2D eigenvalue weighted by Crippen LogP contribution is 2.35. The molecule has 5 atom stereocenters. The third-order valence-corrected chi connectivity index (χ3v) is 9.15. The van der Waals surface area contributed by atoms with Crippen LogP contribution in [0, 0.1) is 0 Å². The summed E-state index contributed by atoms with van der Waals surface area (Å²) < 4.78 is 7.34. The van der Waals surface area contributed by atoms with E-state index in [9.17, 15) is 19.8 Å². The zero-order chi connectivity index (χ0) is 34.7. The molecule has 2 aliphatic rings. The van der Waals surface area contributed by atoms with E-state index in [1.54, 1.807) is 22.7 Å². The molecule has 0 spiro atoms. The average Bonchev–Trinajstić information content (AvgIpc) is 3.80. The van der Waals surface area contributed by atoms with Gasteiger partial charge in [-0.2, -0.15) is 9.97 Å². The van der Waals surface area contributed by atoms with Crippen molar-refractivity contribution < 1.29 is 24.5 Å². The SMILES string of the molecule is CCC(=O)N[C@H]1C[C@@H](n2cnc3c(NCC(c4ccccc4)c4ccccc4)nc(N[C@@H]4CCN(C(=O)OC(C)(C)C)C4)nc32)[C@H](O)[C@@H]1O. The molecule has 3 heterocycles. The van der Waals surface area contributed by atoms with Crippen LogP contribution in [0.1, 0.15) is 70.0 Å². The molecule has 2 fully saturated rings. The van der Waals surface area contributed by atoms with Crippen molar-refractivity contribution in [3.05, 3.63) is 78.1 Å². The molecule has 2 aromatic heterocycles. The summed E-state index contributed by atoms with van der Waals surface area (Å²) in [5.74, 6) is 0.663. The highest BCUT2D eigenvalue weighted by molar-refractivity contribution is 5.84. The third-order valence-electron chi connectivity index (χ3n) is 9.15. The quantitative estimate of drug-likeness (QED) is 0.166. The van der Waals surface area contributed by atoms with Crippen LogP contribution >= 0.6 is 0 Å². The largest absolute Gasteiger partial charge is 0.444 e. The van der Waals surface area contributed by atoms with E-state index in [1.165, 1.54) is 0 Å². The van der Waals surface area contributed by atoms with Crippen molar-refractivity contribution in [3.63, 3.8) is 0 Å². The second kappa shape index (κ2) is 14.4. The van der Waals surface area contributed by atoms with Gasteiger partial charge in [0, 0.05) is 38.0 Å². The van der Waals surface area contributed by atoms with Crippen LogP contribution in [0.15, 0.2) is 67.0 Å². The van der Waals surface area contributed by atoms with Gasteiger partial charge in [-0.3, -0.25) is 4.79 Å². The van der Waals surface area contributed by atoms with Crippen LogP contribution in [-0.2, 0) is 9.53 Å². The maximum absolute atomic E-state index is 12.8. The van der Waals surface area contributed by atoms with Crippen molar-refractivity contribution in [3.8, 4) is 0 Å². The number of benzene rings is 2. The van der Waals surface area contributed by atoms with Crippen molar-refractivity contribution in [1.82, 2.24) is 29.7 Å². The number of fused-ring (bicyclic) bond motifs is 1. The van der Waals surface area contributed by atoms with Gasteiger partial charge in [-0.25, -0.2) is 9.78 Å². The normalized spacial score (nSPS) is 22.4. The number of nitrogens with zero attached hydrogens (tertiary/aromatic N) is 5. The van der Waals surface area contributed by atoms with Gasteiger partial charge in [-0.05, 0) is 44.7 Å². The number of nitrogens with one attached hydrogen (secondary N) is 3. The second-order valence-electron chi connectivity index (χ2n) is 13.8. The minimum atomic E-state index is -1.15. The molecule has 13 heteroatoms. The topological polar surface area (TPSA) is 167 Å². The Morgan fingerprint density at radius 1 is 1.00 bits per heavy atom. The van der Waals surface area contributed by atoms with E-state index in [2.05, 4.69) is 45.2 Å². The number of aliphatic hydroxyl groups is 2. The number of carbonyl (C=O) groups is 2. The van der Waals surface area contributed by atoms with E-state index in [1.807, 2.05) is 57.2 Å². The van der Waals surface area contributed by atoms with Crippen molar-refractivity contribution >= 4 is 34.9 Å². The van der Waals surface area contributed by atoms with Crippen LogP contribution in [0.3, 0.4) is 0 Å². The number of carbonyl (C=O) groups excluding carboxylic acids is 2. The molecule has 5 N–H and O–H groups in total. The number of aliphatic hydroxyl groups excluding tert-OH is 2. The van der Waals surface area contributed by atoms with Crippen molar-refractivity contribution in [2.75, 3.05) is 30.3 Å². The Bertz CT molecular complexity index is 1710. The second-order valence-corrected chi connectivity index (χ2v) is 13.8. The molecule has 260 valence electrons. The summed E-state index contributed by atoms with van der Waals surface area (Å²) in [6.07, 6.45) is 0.190. The third kappa shape index (κ3) is 7.78. The molecule has 2 aromatic carbocycles. The summed E-state index contributed by atoms with van der Waals surface area (Å²) in [4.78, 5) is 41.0. The van der Waals surface area contributed by atoms with Gasteiger partial charge in [0.05, 0.1) is 18.4 Å². The zero-order valence-corrected chi connectivity index (χ0v) is 28.4. The Balaban J connectivity index is 1.31. The predicted octanol–water partition coefficient (Wildman–Crippen LogP) is 4.05. The molecule has 2 amide bonds.